The summed E-state index contributed by atoms with van der Waals surface area (Å²) in [5.74, 6) is -1.35. The summed E-state index contributed by atoms with van der Waals surface area (Å²) < 4.78 is 68.1. The molecule has 0 aliphatic heterocycles. The van der Waals surface area contributed by atoms with Crippen molar-refractivity contribution in [3.63, 3.8) is 0 Å². The molecule has 0 saturated heterocycles. The topological polar surface area (TPSA) is 237 Å². The third-order valence-electron chi connectivity index (χ3n) is 16.4. The van der Waals surface area contributed by atoms with Crippen LogP contribution >= 0.6 is 15.6 Å². The number of carbonyl (C=O) groups excluding carboxylic acids is 4. The van der Waals surface area contributed by atoms with E-state index in [1.165, 1.54) is 173 Å². The van der Waals surface area contributed by atoms with Crippen molar-refractivity contribution in [1.82, 2.24) is 0 Å². The van der Waals surface area contributed by atoms with E-state index in [4.69, 9.17) is 37.0 Å². The largest absolute Gasteiger partial charge is 0.472 e. The molecule has 0 heterocycles. The highest BCUT2D eigenvalue weighted by atomic mass is 31.2. The molecule has 0 bridgehead atoms. The van der Waals surface area contributed by atoms with Crippen LogP contribution in [0, 0.1) is 5.92 Å². The summed E-state index contributed by atoms with van der Waals surface area (Å²) in [4.78, 5) is 72.4. The fourth-order valence-electron chi connectivity index (χ4n) is 10.4. The van der Waals surface area contributed by atoms with E-state index in [1.807, 2.05) is 0 Å². The van der Waals surface area contributed by atoms with Crippen molar-refractivity contribution < 1.29 is 80.2 Å². The van der Waals surface area contributed by atoms with Crippen molar-refractivity contribution in [2.75, 3.05) is 39.6 Å². The van der Waals surface area contributed by atoms with E-state index in [0.717, 1.165) is 102 Å². The molecule has 0 spiro atoms. The minimum Gasteiger partial charge on any atom is -0.462 e. The summed E-state index contributed by atoms with van der Waals surface area (Å²) in [7, 11) is -9.89. The molecule has 0 radical (unpaired) electrons. The molecular formula is C69H134O17P2. The molecule has 0 aliphatic rings. The minimum atomic E-state index is -4.95. The number of unbranched alkanes of at least 4 members (excludes halogenated alkanes) is 40. The summed E-state index contributed by atoms with van der Waals surface area (Å²) in [6, 6.07) is 0. The molecule has 88 heavy (non-hydrogen) atoms. The van der Waals surface area contributed by atoms with Gasteiger partial charge in [-0.05, 0) is 31.6 Å². The SMILES string of the molecule is CCCCCCCCCCCCCCCCCCCCC(=O)O[C@H](COC(=O)CCCCCCCCCCC(C)CC)COP(=O)(O)OC[C@@H](O)COP(=O)(O)OC[C@@H](COC(=O)CCCCCCCCCC)OC(=O)CCCCCCCCCCCC. The van der Waals surface area contributed by atoms with Crippen molar-refractivity contribution in [3.05, 3.63) is 0 Å². The van der Waals surface area contributed by atoms with Gasteiger partial charge in [0.15, 0.2) is 12.2 Å². The van der Waals surface area contributed by atoms with E-state index in [9.17, 15) is 43.2 Å². The van der Waals surface area contributed by atoms with Gasteiger partial charge in [-0.15, -0.1) is 0 Å². The van der Waals surface area contributed by atoms with Crippen LogP contribution in [-0.4, -0.2) is 96.7 Å². The Hall–Kier alpha value is -1.94. The fraction of sp³-hybridized carbons (Fsp3) is 0.942. The van der Waals surface area contributed by atoms with Crippen LogP contribution in [-0.2, 0) is 65.4 Å². The van der Waals surface area contributed by atoms with E-state index < -0.39 is 97.5 Å². The Morgan fingerprint density at radius 2 is 0.545 bits per heavy atom. The molecular weight excluding hydrogens is 1160 g/mol. The standard InChI is InChI=1S/C69H134O17P2/c1-6-10-13-16-19-22-24-25-26-27-28-29-30-31-33-40-45-50-55-69(74)86-65(59-80-67(72)53-48-43-38-35-34-36-41-46-51-62(5)9-4)61-84-88(77,78)82-57-63(70)56-81-87(75,76)83-60-64(58-79-66(71)52-47-42-37-21-18-15-12-8-3)85-68(73)54-49-44-39-32-23-20-17-14-11-7-2/h62-65,70H,6-61H2,1-5H3,(H,75,76)(H,77,78)/t62?,63-,64+,65+/m0/s1. The number of hydrogen-bond donors (Lipinski definition) is 3. The van der Waals surface area contributed by atoms with Crippen molar-refractivity contribution in [2.24, 2.45) is 5.92 Å². The normalized spacial score (nSPS) is 14.4. The number of rotatable bonds is 69. The number of phosphoric acid groups is 2. The van der Waals surface area contributed by atoms with Crippen molar-refractivity contribution in [1.29, 1.82) is 0 Å². The van der Waals surface area contributed by atoms with E-state index >= 15 is 0 Å². The Bertz CT molecular complexity index is 1710. The number of carbonyl (C=O) groups is 4. The van der Waals surface area contributed by atoms with Crippen LogP contribution in [0.5, 0.6) is 0 Å². The number of hydrogen-bond acceptors (Lipinski definition) is 15. The lowest BCUT2D eigenvalue weighted by molar-refractivity contribution is -0.161. The van der Waals surface area contributed by atoms with Gasteiger partial charge in [-0.3, -0.25) is 37.3 Å². The van der Waals surface area contributed by atoms with Crippen molar-refractivity contribution >= 4 is 39.5 Å². The summed E-state index contributed by atoms with van der Waals surface area (Å²) >= 11 is 0. The highest BCUT2D eigenvalue weighted by Gasteiger charge is 2.30. The lowest BCUT2D eigenvalue weighted by Gasteiger charge is -2.21. The Kier molecular flexibility index (Phi) is 61.1. The first-order valence-electron chi connectivity index (χ1n) is 36.2. The lowest BCUT2D eigenvalue weighted by Crippen LogP contribution is -2.30. The lowest BCUT2D eigenvalue weighted by atomic mass is 9.99. The predicted octanol–water partition coefficient (Wildman–Crippen LogP) is 19.7. The minimum absolute atomic E-state index is 0.106. The van der Waals surface area contributed by atoms with Gasteiger partial charge in [-0.2, -0.15) is 0 Å². The number of phosphoric ester groups is 2. The molecule has 17 nitrogen and oxygen atoms in total. The zero-order valence-corrected chi connectivity index (χ0v) is 58.6. The predicted molar refractivity (Wildman–Crippen MR) is 354 cm³/mol. The maximum atomic E-state index is 13.0. The second-order valence-electron chi connectivity index (χ2n) is 25.2. The number of esters is 4. The van der Waals surface area contributed by atoms with Gasteiger partial charge in [0.1, 0.15) is 19.3 Å². The molecule has 0 aliphatic carbocycles. The Balaban J connectivity index is 5.20. The number of aliphatic hydroxyl groups is 1. The molecule has 0 amide bonds. The molecule has 19 heteroatoms. The fourth-order valence-corrected chi connectivity index (χ4v) is 12.0. The molecule has 6 atom stereocenters. The van der Waals surface area contributed by atoms with Gasteiger partial charge in [0.25, 0.3) is 0 Å². The van der Waals surface area contributed by atoms with Crippen LogP contribution in [0.4, 0.5) is 0 Å². The number of aliphatic hydroxyl groups excluding tert-OH is 1. The zero-order chi connectivity index (χ0) is 64.9. The van der Waals surface area contributed by atoms with Crippen LogP contribution in [0.3, 0.4) is 0 Å². The van der Waals surface area contributed by atoms with Crippen molar-refractivity contribution in [3.8, 4) is 0 Å². The highest BCUT2D eigenvalue weighted by molar-refractivity contribution is 7.47. The summed E-state index contributed by atoms with van der Waals surface area (Å²) in [6.07, 6.45) is 48.6. The molecule has 0 aromatic rings. The third kappa shape index (κ3) is 61.6. The van der Waals surface area contributed by atoms with Gasteiger partial charge in [-0.1, -0.05) is 304 Å². The van der Waals surface area contributed by atoms with Crippen LogP contribution < -0.4 is 0 Å². The van der Waals surface area contributed by atoms with Gasteiger partial charge >= 0.3 is 39.5 Å². The molecule has 3 N–H and O–H groups in total. The van der Waals surface area contributed by atoms with Crippen LogP contribution in [0.1, 0.15) is 356 Å². The van der Waals surface area contributed by atoms with Crippen LogP contribution in [0.15, 0.2) is 0 Å². The maximum absolute atomic E-state index is 13.0. The molecule has 0 aromatic carbocycles. The maximum Gasteiger partial charge on any atom is 0.472 e. The first kappa shape index (κ1) is 86.1. The second-order valence-corrected chi connectivity index (χ2v) is 28.1. The number of ether oxygens (including phenoxy) is 4. The van der Waals surface area contributed by atoms with E-state index in [0.29, 0.717) is 25.7 Å². The van der Waals surface area contributed by atoms with Gasteiger partial charge in [0.05, 0.1) is 26.4 Å². The summed E-state index contributed by atoms with van der Waals surface area (Å²) in [6.45, 7) is 7.21. The van der Waals surface area contributed by atoms with E-state index in [1.54, 1.807) is 0 Å². The average molecular weight is 1300 g/mol. The summed E-state index contributed by atoms with van der Waals surface area (Å²) in [5.41, 5.74) is 0. The molecule has 522 valence electrons. The van der Waals surface area contributed by atoms with Gasteiger partial charge in [0.2, 0.25) is 0 Å². The molecule has 0 aromatic heterocycles. The van der Waals surface area contributed by atoms with Gasteiger partial charge < -0.3 is 33.8 Å². The third-order valence-corrected chi connectivity index (χ3v) is 18.3. The first-order valence-corrected chi connectivity index (χ1v) is 39.2. The first-order chi connectivity index (χ1) is 42.6. The molecule has 0 rings (SSSR count). The Labute approximate surface area is 537 Å². The van der Waals surface area contributed by atoms with Gasteiger partial charge in [0, 0.05) is 25.7 Å². The highest BCUT2D eigenvalue weighted by Crippen LogP contribution is 2.45. The monoisotopic (exact) mass is 1300 g/mol. The molecule has 0 saturated carbocycles. The Morgan fingerprint density at radius 3 is 0.807 bits per heavy atom. The van der Waals surface area contributed by atoms with E-state index in [2.05, 4.69) is 34.6 Å². The van der Waals surface area contributed by atoms with Crippen LogP contribution in [0.25, 0.3) is 0 Å². The molecule has 0 fully saturated rings. The van der Waals surface area contributed by atoms with E-state index in [-0.39, 0.29) is 25.7 Å². The summed E-state index contributed by atoms with van der Waals surface area (Å²) in [5, 5.41) is 10.6. The second kappa shape index (κ2) is 62.5. The van der Waals surface area contributed by atoms with Crippen molar-refractivity contribution in [2.45, 2.75) is 374 Å². The Morgan fingerprint density at radius 1 is 0.318 bits per heavy atom. The van der Waals surface area contributed by atoms with Gasteiger partial charge in [-0.25, -0.2) is 9.13 Å². The molecule has 3 unspecified atom stereocenters. The smallest absolute Gasteiger partial charge is 0.462 e. The quantitative estimate of drug-likeness (QED) is 0.0222. The average Bonchev–Trinajstić information content (AvgIpc) is 3.67. The van der Waals surface area contributed by atoms with Crippen LogP contribution in [0.2, 0.25) is 0 Å². The zero-order valence-electron chi connectivity index (χ0n) is 56.9.